The van der Waals surface area contributed by atoms with Gasteiger partial charge in [-0.2, -0.15) is 5.10 Å². The molecule has 1 aliphatic rings. The molecule has 0 fully saturated rings. The number of aryl methyl sites for hydroxylation is 1. The molecule has 4 nitrogen and oxygen atoms in total. The summed E-state index contributed by atoms with van der Waals surface area (Å²) in [5.74, 6) is 0.678. The molecule has 1 aromatic heterocycles. The Bertz CT molecular complexity index is 519. The highest BCUT2D eigenvalue weighted by atomic mass is 35.5. The Morgan fingerprint density at radius 1 is 1.24 bits per heavy atom. The molecule has 0 radical (unpaired) electrons. The molecule has 0 saturated carbocycles. The lowest BCUT2D eigenvalue weighted by Gasteiger charge is -2.00. The molecule has 0 spiro atoms. The average molecular weight is 249 g/mol. The van der Waals surface area contributed by atoms with Crippen molar-refractivity contribution < 1.29 is 0 Å². The quantitative estimate of drug-likeness (QED) is 0.803. The fourth-order valence-electron chi connectivity index (χ4n) is 1.97. The predicted molar refractivity (Wildman–Crippen MR) is 70.8 cm³/mol. The van der Waals surface area contributed by atoms with E-state index in [-0.39, 0.29) is 12.4 Å². The Kier molecular flexibility index (Phi) is 3.44. The first-order valence-electron chi connectivity index (χ1n) is 5.34. The summed E-state index contributed by atoms with van der Waals surface area (Å²) >= 11 is 0. The van der Waals surface area contributed by atoms with Crippen molar-refractivity contribution in [2.45, 2.75) is 12.8 Å². The van der Waals surface area contributed by atoms with E-state index in [1.807, 2.05) is 6.07 Å². The van der Waals surface area contributed by atoms with Crippen molar-refractivity contribution in [1.29, 1.82) is 0 Å². The number of aromatic amines is 1. The number of hydrogen-bond acceptors (Lipinski definition) is 3. The molecule has 3 rings (SSSR count). The van der Waals surface area contributed by atoms with Gasteiger partial charge in [0.2, 0.25) is 5.95 Å². The van der Waals surface area contributed by atoms with E-state index in [2.05, 4.69) is 38.7 Å². The maximum atomic E-state index is 4.38. The van der Waals surface area contributed by atoms with Crippen LogP contribution in [-0.2, 0) is 6.42 Å². The third-order valence-electron chi connectivity index (χ3n) is 2.75. The summed E-state index contributed by atoms with van der Waals surface area (Å²) in [5, 5.41) is 4.38. The van der Waals surface area contributed by atoms with E-state index in [1.165, 1.54) is 11.1 Å². The van der Waals surface area contributed by atoms with Crippen LogP contribution in [0.5, 0.6) is 0 Å². The minimum atomic E-state index is 0. The summed E-state index contributed by atoms with van der Waals surface area (Å²) < 4.78 is 0. The van der Waals surface area contributed by atoms with Gasteiger partial charge >= 0.3 is 0 Å². The van der Waals surface area contributed by atoms with Crippen molar-refractivity contribution in [3.63, 3.8) is 0 Å². The highest BCUT2D eigenvalue weighted by molar-refractivity contribution is 6.04. The zero-order chi connectivity index (χ0) is 10.8. The van der Waals surface area contributed by atoms with Gasteiger partial charge in [0, 0.05) is 18.0 Å². The van der Waals surface area contributed by atoms with Gasteiger partial charge in [-0.25, -0.2) is 10.4 Å². The zero-order valence-corrected chi connectivity index (χ0v) is 10.00. The number of fused-ring (bicyclic) bond motifs is 1. The fraction of sp³-hybridized carbons (Fsp3) is 0.167. The first-order valence-corrected chi connectivity index (χ1v) is 5.34. The van der Waals surface area contributed by atoms with Crippen LogP contribution < -0.4 is 5.43 Å². The van der Waals surface area contributed by atoms with Crippen LogP contribution in [0.15, 0.2) is 41.8 Å². The standard InChI is InChI=1S/C12H12N4.ClH/c1-2-4-10-9(3-1)5-6-11(10)15-16-12-13-7-8-14-12;/h1-4,7-8H,5-6H2,(H2,13,14,16);1H. The number of H-pyrrole nitrogens is 1. The Morgan fingerprint density at radius 2 is 2.12 bits per heavy atom. The van der Waals surface area contributed by atoms with Crippen LogP contribution in [0.1, 0.15) is 17.5 Å². The molecular weight excluding hydrogens is 236 g/mol. The highest BCUT2D eigenvalue weighted by Gasteiger charge is 2.16. The third kappa shape index (κ3) is 2.31. The van der Waals surface area contributed by atoms with Crippen molar-refractivity contribution in [1.82, 2.24) is 9.97 Å². The number of nitrogens with one attached hydrogen (secondary N) is 2. The molecular formula is C12H13ClN4. The van der Waals surface area contributed by atoms with Crippen LogP contribution in [0.4, 0.5) is 5.95 Å². The summed E-state index contributed by atoms with van der Waals surface area (Å²) in [7, 11) is 0. The molecule has 5 heteroatoms. The molecule has 0 bridgehead atoms. The minimum absolute atomic E-state index is 0. The molecule has 0 atom stereocenters. The van der Waals surface area contributed by atoms with Crippen molar-refractivity contribution in [3.8, 4) is 0 Å². The second kappa shape index (κ2) is 5.01. The summed E-state index contributed by atoms with van der Waals surface area (Å²) in [5.41, 5.74) is 6.66. The molecule has 2 aromatic rings. The maximum absolute atomic E-state index is 4.38. The molecule has 1 aliphatic carbocycles. The molecule has 1 heterocycles. The number of anilines is 1. The van der Waals surface area contributed by atoms with Gasteiger partial charge in [0.25, 0.3) is 0 Å². The third-order valence-corrected chi connectivity index (χ3v) is 2.75. The highest BCUT2D eigenvalue weighted by Crippen LogP contribution is 2.21. The molecule has 88 valence electrons. The van der Waals surface area contributed by atoms with Gasteiger partial charge in [0.15, 0.2) is 0 Å². The summed E-state index contributed by atoms with van der Waals surface area (Å²) in [6.07, 6.45) is 5.54. The average Bonchev–Trinajstić information content (AvgIpc) is 2.96. The molecule has 0 aliphatic heterocycles. The van der Waals surface area contributed by atoms with Crippen LogP contribution in [0, 0.1) is 0 Å². The molecule has 17 heavy (non-hydrogen) atoms. The number of nitrogens with zero attached hydrogens (tertiary/aromatic N) is 2. The van der Waals surface area contributed by atoms with E-state index in [9.17, 15) is 0 Å². The Morgan fingerprint density at radius 3 is 2.94 bits per heavy atom. The molecule has 0 amide bonds. The largest absolute Gasteiger partial charge is 0.330 e. The number of imidazole rings is 1. The first kappa shape index (κ1) is 11.7. The van der Waals surface area contributed by atoms with Crippen molar-refractivity contribution in [2.24, 2.45) is 5.10 Å². The minimum Gasteiger partial charge on any atom is -0.330 e. The van der Waals surface area contributed by atoms with E-state index in [1.54, 1.807) is 12.4 Å². The number of aromatic nitrogens is 2. The van der Waals surface area contributed by atoms with Gasteiger partial charge in [-0.3, -0.25) is 0 Å². The molecule has 0 saturated heterocycles. The first-order chi connectivity index (χ1) is 7.93. The van der Waals surface area contributed by atoms with Gasteiger partial charge < -0.3 is 4.98 Å². The van der Waals surface area contributed by atoms with Gasteiger partial charge in [0.05, 0.1) is 5.71 Å². The van der Waals surface area contributed by atoms with E-state index in [4.69, 9.17) is 0 Å². The lowest BCUT2D eigenvalue weighted by atomic mass is 10.1. The number of rotatable bonds is 2. The zero-order valence-electron chi connectivity index (χ0n) is 9.18. The van der Waals surface area contributed by atoms with Crippen LogP contribution >= 0.6 is 12.4 Å². The predicted octanol–water partition coefficient (Wildman–Crippen LogP) is 2.59. The number of hydrogen-bond donors (Lipinski definition) is 2. The van der Waals surface area contributed by atoms with Crippen LogP contribution in [-0.4, -0.2) is 15.7 Å². The second-order valence-electron chi connectivity index (χ2n) is 3.77. The van der Waals surface area contributed by atoms with Gasteiger partial charge in [-0.05, 0) is 18.4 Å². The second-order valence-corrected chi connectivity index (χ2v) is 3.77. The summed E-state index contributed by atoms with van der Waals surface area (Å²) in [6.45, 7) is 0. The summed E-state index contributed by atoms with van der Waals surface area (Å²) in [4.78, 5) is 7.02. The van der Waals surface area contributed by atoms with E-state index in [0.717, 1.165) is 18.6 Å². The monoisotopic (exact) mass is 248 g/mol. The SMILES string of the molecule is Cl.c1ccc2c(c1)CCC2=NNc1ncc[nH]1. The molecule has 1 aromatic carbocycles. The number of halogens is 1. The van der Waals surface area contributed by atoms with E-state index < -0.39 is 0 Å². The van der Waals surface area contributed by atoms with Gasteiger partial charge in [-0.1, -0.05) is 24.3 Å². The van der Waals surface area contributed by atoms with Crippen molar-refractivity contribution in [3.05, 3.63) is 47.8 Å². The van der Waals surface area contributed by atoms with Crippen LogP contribution in [0.2, 0.25) is 0 Å². The maximum Gasteiger partial charge on any atom is 0.220 e. The Labute approximate surface area is 106 Å². The topological polar surface area (TPSA) is 53.1 Å². The summed E-state index contributed by atoms with van der Waals surface area (Å²) in [6, 6.07) is 8.39. The lowest BCUT2D eigenvalue weighted by molar-refractivity contribution is 1.08. The number of hydrazone groups is 1. The van der Waals surface area contributed by atoms with E-state index in [0.29, 0.717) is 5.95 Å². The van der Waals surface area contributed by atoms with Gasteiger partial charge in [0.1, 0.15) is 0 Å². The lowest BCUT2D eigenvalue weighted by Crippen LogP contribution is -2.00. The number of benzene rings is 1. The van der Waals surface area contributed by atoms with Crippen molar-refractivity contribution in [2.75, 3.05) is 5.43 Å². The van der Waals surface area contributed by atoms with E-state index >= 15 is 0 Å². The van der Waals surface area contributed by atoms with Gasteiger partial charge in [-0.15, -0.1) is 12.4 Å². The molecule has 2 N–H and O–H groups in total. The van der Waals surface area contributed by atoms with Crippen LogP contribution in [0.25, 0.3) is 0 Å². The van der Waals surface area contributed by atoms with Crippen LogP contribution in [0.3, 0.4) is 0 Å². The van der Waals surface area contributed by atoms with Crippen molar-refractivity contribution >= 4 is 24.1 Å². The normalized spacial score (nSPS) is 15.4. The fourth-order valence-corrected chi connectivity index (χ4v) is 1.97. The smallest absolute Gasteiger partial charge is 0.220 e. The molecule has 0 unspecified atom stereocenters. The Hall–Kier alpha value is -1.81. The Balaban J connectivity index is 0.00000108.